The molecule has 2 heterocycles. The first kappa shape index (κ1) is 14.2. The van der Waals surface area contributed by atoms with Gasteiger partial charge in [0.2, 0.25) is 0 Å². The number of likely N-dealkylation sites (N-methyl/N-ethyl adjacent to an activating group) is 1. The van der Waals surface area contributed by atoms with Crippen molar-refractivity contribution in [1.82, 2.24) is 20.2 Å². The van der Waals surface area contributed by atoms with Crippen molar-refractivity contribution in [3.63, 3.8) is 0 Å². The van der Waals surface area contributed by atoms with E-state index in [0.29, 0.717) is 18.0 Å². The van der Waals surface area contributed by atoms with Crippen LogP contribution in [0.4, 0.5) is 0 Å². The van der Waals surface area contributed by atoms with E-state index >= 15 is 0 Å². The average Bonchev–Trinajstić information content (AvgIpc) is 2.49. The van der Waals surface area contributed by atoms with Crippen LogP contribution in [-0.4, -0.2) is 41.0 Å². The molecule has 1 aliphatic heterocycles. The van der Waals surface area contributed by atoms with E-state index in [2.05, 4.69) is 27.2 Å². The number of aryl methyl sites for hydroxylation is 1. The lowest BCUT2D eigenvalue weighted by Gasteiger charge is -2.31. The van der Waals surface area contributed by atoms with Crippen molar-refractivity contribution in [2.75, 3.05) is 20.1 Å². The molecule has 0 bridgehead atoms. The molecule has 1 unspecified atom stereocenters. The van der Waals surface area contributed by atoms with Gasteiger partial charge in [0.15, 0.2) is 0 Å². The van der Waals surface area contributed by atoms with E-state index in [1.54, 1.807) is 0 Å². The van der Waals surface area contributed by atoms with E-state index in [1.807, 2.05) is 25.1 Å². The van der Waals surface area contributed by atoms with Crippen LogP contribution < -0.4 is 10.9 Å². The van der Waals surface area contributed by atoms with Crippen LogP contribution in [0.3, 0.4) is 0 Å². The molecule has 1 aromatic carbocycles. The third-order valence-corrected chi connectivity index (χ3v) is 4.28. The summed E-state index contributed by atoms with van der Waals surface area (Å²) in [6.45, 7) is 4.78. The lowest BCUT2D eigenvalue weighted by Crippen LogP contribution is -2.44. The van der Waals surface area contributed by atoms with Gasteiger partial charge >= 0.3 is 0 Å². The zero-order valence-corrected chi connectivity index (χ0v) is 12.6. The highest BCUT2D eigenvalue weighted by Gasteiger charge is 2.18. The van der Waals surface area contributed by atoms with Gasteiger partial charge < -0.3 is 10.3 Å². The fourth-order valence-electron chi connectivity index (χ4n) is 3.00. The summed E-state index contributed by atoms with van der Waals surface area (Å²) in [5.74, 6) is 0.745. The summed E-state index contributed by atoms with van der Waals surface area (Å²) in [6, 6.07) is 6.23. The Balaban J connectivity index is 1.87. The fraction of sp³-hybridized carbons (Fsp3) is 0.500. The molecular weight excluding hydrogens is 264 g/mol. The van der Waals surface area contributed by atoms with Crippen molar-refractivity contribution < 1.29 is 0 Å². The minimum atomic E-state index is -0.0473. The molecule has 0 spiro atoms. The minimum Gasteiger partial charge on any atom is -0.315 e. The van der Waals surface area contributed by atoms with Gasteiger partial charge in [-0.05, 0) is 45.0 Å². The van der Waals surface area contributed by atoms with Gasteiger partial charge in [0.25, 0.3) is 5.56 Å². The van der Waals surface area contributed by atoms with Gasteiger partial charge in [0, 0.05) is 12.6 Å². The molecule has 1 fully saturated rings. The second-order valence-electron chi connectivity index (χ2n) is 5.90. The summed E-state index contributed by atoms with van der Waals surface area (Å²) in [5, 5.41) is 4.08. The number of H-pyrrole nitrogens is 1. The summed E-state index contributed by atoms with van der Waals surface area (Å²) in [7, 11) is 2.10. The molecule has 5 nitrogen and oxygen atoms in total. The predicted octanol–water partition coefficient (Wildman–Crippen LogP) is 1.42. The molecule has 2 aromatic rings. The van der Waals surface area contributed by atoms with Crippen molar-refractivity contribution >= 4 is 10.9 Å². The second kappa shape index (κ2) is 5.95. The highest BCUT2D eigenvalue weighted by atomic mass is 16.1. The number of aromatic nitrogens is 2. The van der Waals surface area contributed by atoms with Gasteiger partial charge in [0.05, 0.1) is 17.4 Å². The number of aromatic amines is 1. The number of hydrogen-bond acceptors (Lipinski definition) is 4. The number of rotatable bonds is 3. The van der Waals surface area contributed by atoms with Crippen LogP contribution in [0, 0.1) is 6.92 Å². The van der Waals surface area contributed by atoms with Gasteiger partial charge in [-0.2, -0.15) is 0 Å². The maximum absolute atomic E-state index is 12.2. The number of piperidine rings is 1. The first-order chi connectivity index (χ1) is 10.1. The quantitative estimate of drug-likeness (QED) is 0.896. The summed E-state index contributed by atoms with van der Waals surface area (Å²) in [6.07, 6.45) is 2.40. The number of para-hydroxylation sites is 1. The van der Waals surface area contributed by atoms with E-state index in [9.17, 15) is 4.79 Å². The third kappa shape index (κ3) is 2.99. The molecular formula is C16H22N4O. The van der Waals surface area contributed by atoms with Crippen molar-refractivity contribution in [2.24, 2.45) is 0 Å². The molecule has 1 saturated heterocycles. The Bertz CT molecular complexity index is 688. The number of nitrogens with one attached hydrogen (secondary N) is 2. The highest BCUT2D eigenvalue weighted by Crippen LogP contribution is 2.14. The topological polar surface area (TPSA) is 61.0 Å². The summed E-state index contributed by atoms with van der Waals surface area (Å²) >= 11 is 0. The van der Waals surface area contributed by atoms with Crippen LogP contribution in [-0.2, 0) is 6.54 Å². The molecule has 0 saturated carbocycles. The number of hydrogen-bond donors (Lipinski definition) is 2. The van der Waals surface area contributed by atoms with Gasteiger partial charge in [-0.25, -0.2) is 4.98 Å². The molecule has 112 valence electrons. The molecule has 1 aliphatic rings. The number of nitrogens with zero attached hydrogens (tertiary/aromatic N) is 2. The van der Waals surface area contributed by atoms with E-state index in [-0.39, 0.29) is 5.56 Å². The maximum Gasteiger partial charge on any atom is 0.258 e. The smallest absolute Gasteiger partial charge is 0.258 e. The summed E-state index contributed by atoms with van der Waals surface area (Å²) < 4.78 is 0. The molecule has 1 aromatic heterocycles. The Morgan fingerprint density at radius 3 is 3.05 bits per heavy atom. The zero-order chi connectivity index (χ0) is 14.8. The predicted molar refractivity (Wildman–Crippen MR) is 84.5 cm³/mol. The Hall–Kier alpha value is -1.72. The molecule has 0 aliphatic carbocycles. The Morgan fingerprint density at radius 1 is 1.43 bits per heavy atom. The first-order valence-electron chi connectivity index (χ1n) is 7.54. The molecule has 0 radical (unpaired) electrons. The average molecular weight is 286 g/mol. The van der Waals surface area contributed by atoms with E-state index in [4.69, 9.17) is 0 Å². The largest absolute Gasteiger partial charge is 0.315 e. The van der Waals surface area contributed by atoms with Crippen LogP contribution in [0.5, 0.6) is 0 Å². The summed E-state index contributed by atoms with van der Waals surface area (Å²) in [5.41, 5.74) is 1.81. The Labute approximate surface area is 124 Å². The van der Waals surface area contributed by atoms with E-state index in [0.717, 1.165) is 30.0 Å². The van der Waals surface area contributed by atoms with Crippen molar-refractivity contribution in [2.45, 2.75) is 32.4 Å². The standard InChI is InChI=1S/C16H22N4O/c1-11-5-3-7-13-15(11)18-14(19-16(13)21)10-20(2)12-6-4-8-17-9-12/h3,5,7,12,17H,4,6,8-10H2,1-2H3,(H,18,19,21). The lowest BCUT2D eigenvalue weighted by molar-refractivity contribution is 0.192. The fourth-order valence-corrected chi connectivity index (χ4v) is 3.00. The zero-order valence-electron chi connectivity index (χ0n) is 12.6. The van der Waals surface area contributed by atoms with Crippen molar-refractivity contribution in [3.05, 3.63) is 39.9 Å². The maximum atomic E-state index is 12.2. The molecule has 1 atom stereocenters. The van der Waals surface area contributed by atoms with Crippen LogP contribution in [0.25, 0.3) is 10.9 Å². The van der Waals surface area contributed by atoms with Crippen LogP contribution in [0.1, 0.15) is 24.2 Å². The van der Waals surface area contributed by atoms with Gasteiger partial charge in [-0.3, -0.25) is 9.69 Å². The van der Waals surface area contributed by atoms with E-state index in [1.165, 1.54) is 12.8 Å². The monoisotopic (exact) mass is 286 g/mol. The second-order valence-corrected chi connectivity index (χ2v) is 5.90. The van der Waals surface area contributed by atoms with E-state index < -0.39 is 0 Å². The van der Waals surface area contributed by atoms with Gasteiger partial charge in [-0.1, -0.05) is 12.1 Å². The third-order valence-electron chi connectivity index (χ3n) is 4.28. The summed E-state index contributed by atoms with van der Waals surface area (Å²) in [4.78, 5) is 22.0. The van der Waals surface area contributed by atoms with Crippen molar-refractivity contribution in [3.8, 4) is 0 Å². The Morgan fingerprint density at radius 2 is 2.29 bits per heavy atom. The molecule has 0 amide bonds. The Kier molecular flexibility index (Phi) is 4.03. The van der Waals surface area contributed by atoms with Gasteiger partial charge in [-0.15, -0.1) is 0 Å². The normalized spacial score (nSPS) is 19.3. The first-order valence-corrected chi connectivity index (χ1v) is 7.54. The SMILES string of the molecule is Cc1cccc2c(=O)[nH]c(CN(C)C3CCCNC3)nc12. The minimum absolute atomic E-state index is 0.0473. The van der Waals surface area contributed by atoms with Crippen LogP contribution in [0.15, 0.2) is 23.0 Å². The molecule has 21 heavy (non-hydrogen) atoms. The lowest BCUT2D eigenvalue weighted by atomic mass is 10.1. The molecule has 5 heteroatoms. The van der Waals surface area contributed by atoms with Crippen molar-refractivity contribution in [1.29, 1.82) is 0 Å². The van der Waals surface area contributed by atoms with Gasteiger partial charge in [0.1, 0.15) is 5.82 Å². The van der Waals surface area contributed by atoms with Crippen LogP contribution in [0.2, 0.25) is 0 Å². The highest BCUT2D eigenvalue weighted by molar-refractivity contribution is 5.80. The number of benzene rings is 1. The molecule has 2 N–H and O–H groups in total. The molecule has 3 rings (SSSR count). The number of fused-ring (bicyclic) bond motifs is 1. The van der Waals surface area contributed by atoms with Crippen LogP contribution >= 0.6 is 0 Å².